The van der Waals surface area contributed by atoms with Gasteiger partial charge < -0.3 is 24.0 Å². The quantitative estimate of drug-likeness (QED) is 0.208. The summed E-state index contributed by atoms with van der Waals surface area (Å²) in [5.41, 5.74) is 5.19. The Kier molecular flexibility index (Phi) is 6.11. The molecule has 0 amide bonds. The van der Waals surface area contributed by atoms with Crippen LogP contribution in [0, 0.1) is 0 Å². The third-order valence-corrected chi connectivity index (χ3v) is 9.02. The fourth-order valence-corrected chi connectivity index (χ4v) is 6.65. The van der Waals surface area contributed by atoms with Crippen molar-refractivity contribution in [3.05, 3.63) is 117 Å². The Morgan fingerprint density at radius 2 is 1.72 bits per heavy atom. The Morgan fingerprint density at radius 3 is 2.41 bits per heavy atom. The van der Waals surface area contributed by atoms with Crippen molar-refractivity contribution in [2.24, 2.45) is 5.16 Å². The normalized spacial score (nSPS) is 17.7. The fourth-order valence-electron chi connectivity index (χ4n) is 6.65. The monoisotopic (exact) mass is 613 g/mol. The van der Waals surface area contributed by atoms with Gasteiger partial charge in [-0.2, -0.15) is 0 Å². The molecule has 2 aromatic heterocycles. The zero-order chi connectivity index (χ0) is 31.7. The molecule has 0 fully saturated rings. The van der Waals surface area contributed by atoms with E-state index in [4.69, 9.17) is 19.3 Å². The van der Waals surface area contributed by atoms with Crippen molar-refractivity contribution in [2.45, 2.75) is 45.1 Å². The molecule has 3 aromatic carbocycles. The molecular weight excluding hydrogens is 586 g/mol. The number of esters is 2. The van der Waals surface area contributed by atoms with Crippen molar-refractivity contribution in [2.75, 3.05) is 0 Å². The maximum Gasteiger partial charge on any atom is 0.355 e. The standard InChI is InChI=1S/C36H27N3O7/c1-3-36(45-34(42)19(2)46-38-32-25-10-6-4-8-23(25)24-9-5-7-11-26(24)32)28-16-30-31-21(14-20-15-22(40)12-13-29(20)37-31)17-39(30)33(41)27(28)18-44-35(36)43/h4-16,19,40H,3,17-18H2,1-2H3/t19?,36-/m0/s1. The summed E-state index contributed by atoms with van der Waals surface area (Å²) in [5, 5.41) is 15.1. The number of oxime groups is 1. The van der Waals surface area contributed by atoms with E-state index in [1.807, 2.05) is 54.6 Å². The lowest BCUT2D eigenvalue weighted by Crippen LogP contribution is -2.48. The topological polar surface area (TPSA) is 129 Å². The summed E-state index contributed by atoms with van der Waals surface area (Å²) in [6.07, 6.45) is -1.16. The average Bonchev–Trinajstić information content (AvgIpc) is 3.59. The van der Waals surface area contributed by atoms with E-state index in [9.17, 15) is 19.5 Å². The predicted octanol–water partition coefficient (Wildman–Crippen LogP) is 5.17. The van der Waals surface area contributed by atoms with E-state index in [0.717, 1.165) is 33.2 Å². The lowest BCUT2D eigenvalue weighted by molar-refractivity contribution is -0.195. The number of benzene rings is 3. The number of aromatic hydroxyl groups is 1. The summed E-state index contributed by atoms with van der Waals surface area (Å²) in [5.74, 6) is -1.48. The molecule has 1 unspecified atom stereocenters. The average molecular weight is 614 g/mol. The van der Waals surface area contributed by atoms with Gasteiger partial charge in [-0.15, -0.1) is 0 Å². The summed E-state index contributed by atoms with van der Waals surface area (Å²) < 4.78 is 13.0. The highest BCUT2D eigenvalue weighted by Crippen LogP contribution is 2.42. The Balaban J connectivity index is 1.14. The number of cyclic esters (lactones) is 1. The predicted molar refractivity (Wildman–Crippen MR) is 168 cm³/mol. The highest BCUT2D eigenvalue weighted by Gasteiger charge is 2.51. The Labute approximate surface area is 262 Å². The van der Waals surface area contributed by atoms with Crippen LogP contribution in [0.1, 0.15) is 48.1 Å². The van der Waals surface area contributed by atoms with Crippen LogP contribution in [0.4, 0.5) is 0 Å². The Bertz CT molecular complexity index is 2190. The van der Waals surface area contributed by atoms with Crippen LogP contribution in [-0.2, 0) is 42.7 Å². The largest absolute Gasteiger partial charge is 0.508 e. The lowest BCUT2D eigenvalue weighted by Gasteiger charge is -2.36. The minimum Gasteiger partial charge on any atom is -0.508 e. The fraction of sp³-hybridized carbons (Fsp3) is 0.194. The van der Waals surface area contributed by atoms with Crippen LogP contribution >= 0.6 is 0 Å². The van der Waals surface area contributed by atoms with E-state index in [1.54, 1.807) is 35.8 Å². The number of aromatic nitrogens is 2. The van der Waals surface area contributed by atoms with Crippen LogP contribution in [0.2, 0.25) is 0 Å². The van der Waals surface area contributed by atoms with Gasteiger partial charge >= 0.3 is 11.9 Å². The van der Waals surface area contributed by atoms with Crippen molar-refractivity contribution < 1.29 is 29.0 Å². The Morgan fingerprint density at radius 1 is 1.02 bits per heavy atom. The molecular formula is C36H27N3O7. The minimum absolute atomic E-state index is 0.0206. The maximum absolute atomic E-state index is 13.8. The van der Waals surface area contributed by atoms with E-state index in [2.05, 4.69) is 5.16 Å². The molecule has 1 aliphatic carbocycles. The van der Waals surface area contributed by atoms with Gasteiger partial charge in [0.2, 0.25) is 11.7 Å². The first-order valence-electron chi connectivity index (χ1n) is 15.0. The lowest BCUT2D eigenvalue weighted by atomic mass is 9.85. The second-order valence-corrected chi connectivity index (χ2v) is 11.6. The summed E-state index contributed by atoms with van der Waals surface area (Å²) >= 11 is 0. The van der Waals surface area contributed by atoms with Gasteiger partial charge in [0.1, 0.15) is 18.1 Å². The molecule has 0 bridgehead atoms. The zero-order valence-electron chi connectivity index (χ0n) is 24.9. The van der Waals surface area contributed by atoms with Crippen LogP contribution < -0.4 is 5.56 Å². The van der Waals surface area contributed by atoms with Gasteiger partial charge in [-0.05, 0) is 54.8 Å². The van der Waals surface area contributed by atoms with Gasteiger partial charge in [0, 0.05) is 27.6 Å². The molecule has 228 valence electrons. The van der Waals surface area contributed by atoms with E-state index in [0.29, 0.717) is 22.6 Å². The molecule has 3 aliphatic rings. The third kappa shape index (κ3) is 3.99. The van der Waals surface area contributed by atoms with Gasteiger partial charge in [0.15, 0.2) is 0 Å². The number of rotatable bonds is 5. The van der Waals surface area contributed by atoms with Crippen molar-refractivity contribution in [1.29, 1.82) is 0 Å². The Hall–Kier alpha value is -5.77. The van der Waals surface area contributed by atoms with Gasteiger partial charge in [-0.3, -0.25) is 4.79 Å². The number of ether oxygens (including phenoxy) is 2. The van der Waals surface area contributed by atoms with Crippen LogP contribution in [0.3, 0.4) is 0 Å². The van der Waals surface area contributed by atoms with Crippen LogP contribution in [-0.4, -0.2) is 38.4 Å². The first kappa shape index (κ1) is 27.8. The number of carbonyl (C=O) groups excluding carboxylic acids is 2. The molecule has 0 spiro atoms. The summed E-state index contributed by atoms with van der Waals surface area (Å²) in [4.78, 5) is 51.3. The molecule has 10 nitrogen and oxygen atoms in total. The molecule has 46 heavy (non-hydrogen) atoms. The number of hydrogen-bond acceptors (Lipinski definition) is 9. The number of fused-ring (bicyclic) bond motifs is 8. The number of phenolic OH excluding ortho intramolecular Hbond substituents is 1. The SMILES string of the molecule is CC[C@@]1(OC(=O)C(C)ON=C2c3ccccc3-c3ccccc32)C(=O)OCc2c1cc1n(c2=O)Cc2cc3cc(O)ccc3nc2-1. The van der Waals surface area contributed by atoms with E-state index in [-0.39, 0.29) is 42.0 Å². The number of pyridine rings is 2. The van der Waals surface area contributed by atoms with Gasteiger partial charge in [-0.25, -0.2) is 14.6 Å². The van der Waals surface area contributed by atoms with Crippen molar-refractivity contribution in [3.8, 4) is 28.3 Å². The molecule has 8 rings (SSSR count). The minimum atomic E-state index is -1.87. The number of phenols is 1. The smallest absolute Gasteiger partial charge is 0.355 e. The second-order valence-electron chi connectivity index (χ2n) is 11.6. The second kappa shape index (κ2) is 10.1. The first-order chi connectivity index (χ1) is 22.3. The highest BCUT2D eigenvalue weighted by atomic mass is 16.7. The van der Waals surface area contributed by atoms with E-state index >= 15 is 0 Å². The maximum atomic E-state index is 13.8. The molecule has 2 atom stereocenters. The van der Waals surface area contributed by atoms with Gasteiger partial charge in [0.05, 0.1) is 29.0 Å². The van der Waals surface area contributed by atoms with Crippen LogP contribution in [0.15, 0.2) is 88.8 Å². The van der Waals surface area contributed by atoms with Crippen LogP contribution in [0.5, 0.6) is 5.75 Å². The number of hydrogen-bond donors (Lipinski definition) is 1. The third-order valence-electron chi connectivity index (χ3n) is 9.02. The van der Waals surface area contributed by atoms with Gasteiger partial charge in [0.25, 0.3) is 5.56 Å². The van der Waals surface area contributed by atoms with E-state index in [1.165, 1.54) is 6.92 Å². The molecule has 4 heterocycles. The van der Waals surface area contributed by atoms with Crippen molar-refractivity contribution in [1.82, 2.24) is 9.55 Å². The highest BCUT2D eigenvalue weighted by molar-refractivity contribution is 6.24. The molecule has 10 heteroatoms. The van der Waals surface area contributed by atoms with Crippen molar-refractivity contribution >= 4 is 28.6 Å². The summed E-state index contributed by atoms with van der Waals surface area (Å²) in [7, 11) is 0. The molecule has 0 saturated carbocycles. The molecule has 1 N–H and O–H groups in total. The summed E-state index contributed by atoms with van der Waals surface area (Å²) in [6, 6.07) is 24.1. The number of carbonyl (C=O) groups is 2. The molecule has 0 saturated heterocycles. The first-order valence-corrected chi connectivity index (χ1v) is 15.0. The molecule has 2 aliphatic heterocycles. The number of nitrogens with zero attached hydrogens (tertiary/aromatic N) is 3. The van der Waals surface area contributed by atoms with E-state index < -0.39 is 23.6 Å². The zero-order valence-corrected chi connectivity index (χ0v) is 24.9. The van der Waals surface area contributed by atoms with Gasteiger partial charge in [-0.1, -0.05) is 60.6 Å². The van der Waals surface area contributed by atoms with Crippen LogP contribution in [0.25, 0.3) is 33.4 Å². The molecule has 0 radical (unpaired) electrons. The molecule has 5 aromatic rings. The summed E-state index contributed by atoms with van der Waals surface area (Å²) in [6.45, 7) is 3.21. The van der Waals surface area contributed by atoms with Crippen molar-refractivity contribution in [3.63, 3.8) is 0 Å².